The molecule has 0 spiro atoms. The summed E-state index contributed by atoms with van der Waals surface area (Å²) in [5, 5.41) is 0. The van der Waals surface area contributed by atoms with Crippen molar-refractivity contribution in [3.8, 4) is 0 Å². The van der Waals surface area contributed by atoms with Gasteiger partial charge in [-0.25, -0.2) is 0 Å². The second kappa shape index (κ2) is 7.47. The van der Waals surface area contributed by atoms with Gasteiger partial charge in [0.1, 0.15) is 0 Å². The van der Waals surface area contributed by atoms with Crippen LogP contribution in [0.3, 0.4) is 0 Å². The van der Waals surface area contributed by atoms with Crippen molar-refractivity contribution in [1.29, 1.82) is 0 Å². The first-order valence-corrected chi connectivity index (χ1v) is 8.63. The van der Waals surface area contributed by atoms with Crippen molar-refractivity contribution in [3.05, 3.63) is 54.1 Å². The summed E-state index contributed by atoms with van der Waals surface area (Å²) in [4.78, 5) is 28.4. The number of para-hydroxylation sites is 1. The first-order valence-electron chi connectivity index (χ1n) is 8.63. The van der Waals surface area contributed by atoms with Crippen LogP contribution in [0, 0.1) is 5.92 Å². The first kappa shape index (κ1) is 16.5. The van der Waals surface area contributed by atoms with Gasteiger partial charge in [-0.3, -0.25) is 9.59 Å². The molecule has 0 saturated carbocycles. The Morgan fingerprint density at radius 2 is 2.04 bits per heavy atom. The number of rotatable bonds is 4. The van der Waals surface area contributed by atoms with Crippen LogP contribution in [0.5, 0.6) is 0 Å². The predicted molar refractivity (Wildman–Crippen MR) is 95.6 cm³/mol. The number of anilines is 1. The average Bonchev–Trinajstić information content (AvgIpc) is 3.15. The molecule has 1 aliphatic carbocycles. The highest BCUT2D eigenvalue weighted by Gasteiger charge is 2.27. The lowest BCUT2D eigenvalue weighted by molar-refractivity contribution is -0.130. The average molecular weight is 324 g/mol. The molecule has 1 aliphatic heterocycles. The summed E-state index contributed by atoms with van der Waals surface area (Å²) in [5.74, 6) is 0.521. The molecule has 1 aromatic carbocycles. The maximum atomic E-state index is 13.0. The van der Waals surface area contributed by atoms with Crippen molar-refractivity contribution in [2.75, 3.05) is 24.5 Å². The summed E-state index contributed by atoms with van der Waals surface area (Å²) in [7, 11) is 0. The second-order valence-corrected chi connectivity index (χ2v) is 6.55. The lowest BCUT2D eigenvalue weighted by atomic mass is 9.96. The standard InChI is InChI=1S/C20H24N2O2/c1-16(23)21-13-7-8-17(14-21)15-22(19-11-3-2-4-12-19)20(24)18-9-5-6-10-18/h2-6,9,11-12,17H,7-8,10,13-15H2,1H3. The van der Waals surface area contributed by atoms with E-state index in [9.17, 15) is 9.59 Å². The molecule has 1 heterocycles. The van der Waals surface area contributed by atoms with Gasteiger partial charge in [0.15, 0.2) is 0 Å². The SMILES string of the molecule is CC(=O)N1CCCC(CN(C(=O)C2=CC=CC2)c2ccccc2)C1. The number of carbonyl (C=O) groups is 2. The van der Waals surface area contributed by atoms with Gasteiger partial charge in [0.2, 0.25) is 5.91 Å². The fraction of sp³-hybridized carbons (Fsp3) is 0.400. The Morgan fingerprint density at radius 3 is 2.71 bits per heavy atom. The largest absolute Gasteiger partial charge is 0.343 e. The van der Waals surface area contributed by atoms with E-state index in [1.807, 2.05) is 58.4 Å². The van der Waals surface area contributed by atoms with Gasteiger partial charge in [-0.15, -0.1) is 0 Å². The lowest BCUT2D eigenvalue weighted by Crippen LogP contribution is -2.44. The molecule has 0 radical (unpaired) electrons. The van der Waals surface area contributed by atoms with Crippen LogP contribution < -0.4 is 4.90 Å². The van der Waals surface area contributed by atoms with Gasteiger partial charge in [0.25, 0.3) is 5.91 Å². The predicted octanol–water partition coefficient (Wildman–Crippen LogP) is 3.16. The highest BCUT2D eigenvalue weighted by Crippen LogP contribution is 2.25. The Bertz CT molecular complexity index is 663. The summed E-state index contributed by atoms with van der Waals surface area (Å²) in [6.07, 6.45) is 8.61. The normalized spacial score (nSPS) is 20.0. The minimum Gasteiger partial charge on any atom is -0.343 e. The van der Waals surface area contributed by atoms with Crippen molar-refractivity contribution in [2.24, 2.45) is 5.92 Å². The monoisotopic (exact) mass is 324 g/mol. The van der Waals surface area contributed by atoms with Crippen LogP contribution in [-0.4, -0.2) is 36.3 Å². The van der Waals surface area contributed by atoms with Crippen LogP contribution in [0.25, 0.3) is 0 Å². The van der Waals surface area contributed by atoms with E-state index < -0.39 is 0 Å². The summed E-state index contributed by atoms with van der Waals surface area (Å²) >= 11 is 0. The van der Waals surface area contributed by atoms with E-state index in [2.05, 4.69) is 0 Å². The van der Waals surface area contributed by atoms with Gasteiger partial charge in [0, 0.05) is 37.8 Å². The number of likely N-dealkylation sites (tertiary alicyclic amines) is 1. The van der Waals surface area contributed by atoms with Gasteiger partial charge in [-0.1, -0.05) is 36.4 Å². The highest BCUT2D eigenvalue weighted by molar-refractivity contribution is 6.06. The van der Waals surface area contributed by atoms with Crippen molar-refractivity contribution < 1.29 is 9.59 Å². The van der Waals surface area contributed by atoms with Gasteiger partial charge in [-0.2, -0.15) is 0 Å². The Morgan fingerprint density at radius 1 is 1.25 bits per heavy atom. The fourth-order valence-corrected chi connectivity index (χ4v) is 3.45. The molecule has 126 valence electrons. The van der Waals surface area contributed by atoms with E-state index in [0.717, 1.165) is 37.2 Å². The maximum absolute atomic E-state index is 13.0. The Balaban J connectivity index is 1.77. The smallest absolute Gasteiger partial charge is 0.254 e. The molecule has 1 unspecified atom stereocenters. The van der Waals surface area contributed by atoms with E-state index in [4.69, 9.17) is 0 Å². The van der Waals surface area contributed by atoms with E-state index >= 15 is 0 Å². The third kappa shape index (κ3) is 3.75. The number of allylic oxidation sites excluding steroid dienone is 3. The molecule has 24 heavy (non-hydrogen) atoms. The molecule has 3 rings (SSSR count). The van der Waals surface area contributed by atoms with E-state index in [0.29, 0.717) is 18.9 Å². The van der Waals surface area contributed by atoms with Crippen molar-refractivity contribution in [1.82, 2.24) is 4.90 Å². The van der Waals surface area contributed by atoms with Crippen LogP contribution in [0.15, 0.2) is 54.1 Å². The van der Waals surface area contributed by atoms with Crippen LogP contribution in [0.2, 0.25) is 0 Å². The van der Waals surface area contributed by atoms with E-state index in [1.165, 1.54) is 0 Å². The van der Waals surface area contributed by atoms with Gasteiger partial charge < -0.3 is 9.80 Å². The first-order chi connectivity index (χ1) is 11.6. The second-order valence-electron chi connectivity index (χ2n) is 6.55. The molecule has 1 aromatic rings. The lowest BCUT2D eigenvalue weighted by Gasteiger charge is -2.35. The molecule has 2 amide bonds. The van der Waals surface area contributed by atoms with Crippen LogP contribution in [0.4, 0.5) is 5.69 Å². The van der Waals surface area contributed by atoms with Gasteiger partial charge in [-0.05, 0) is 37.3 Å². The molecule has 0 bridgehead atoms. The number of amides is 2. The number of hydrogen-bond donors (Lipinski definition) is 0. The van der Waals surface area contributed by atoms with Crippen molar-refractivity contribution in [3.63, 3.8) is 0 Å². The van der Waals surface area contributed by atoms with E-state index in [-0.39, 0.29) is 11.8 Å². The number of carbonyl (C=O) groups excluding carboxylic acids is 2. The molecule has 0 N–H and O–H groups in total. The van der Waals surface area contributed by atoms with Crippen LogP contribution in [0.1, 0.15) is 26.2 Å². The topological polar surface area (TPSA) is 40.6 Å². The zero-order valence-corrected chi connectivity index (χ0v) is 14.1. The molecule has 4 heteroatoms. The van der Waals surface area contributed by atoms with Crippen LogP contribution >= 0.6 is 0 Å². The summed E-state index contributed by atoms with van der Waals surface area (Å²) in [5.41, 5.74) is 1.76. The van der Waals surface area contributed by atoms with Crippen LogP contribution in [-0.2, 0) is 9.59 Å². The molecule has 1 fully saturated rings. The number of nitrogens with zero attached hydrogens (tertiary/aromatic N) is 2. The Kier molecular flexibility index (Phi) is 5.14. The summed E-state index contributed by atoms with van der Waals surface area (Å²) in [6, 6.07) is 9.83. The summed E-state index contributed by atoms with van der Waals surface area (Å²) in [6.45, 7) is 3.85. The van der Waals surface area contributed by atoms with Crippen molar-refractivity contribution in [2.45, 2.75) is 26.2 Å². The number of piperidine rings is 1. The maximum Gasteiger partial charge on any atom is 0.254 e. The molecule has 1 saturated heterocycles. The third-order valence-corrected chi connectivity index (χ3v) is 4.76. The van der Waals surface area contributed by atoms with E-state index in [1.54, 1.807) is 6.92 Å². The fourth-order valence-electron chi connectivity index (χ4n) is 3.45. The summed E-state index contributed by atoms with van der Waals surface area (Å²) < 4.78 is 0. The minimum atomic E-state index is 0.0751. The Labute approximate surface area is 143 Å². The molecule has 0 aromatic heterocycles. The number of hydrogen-bond acceptors (Lipinski definition) is 2. The van der Waals surface area contributed by atoms with Gasteiger partial charge in [0.05, 0.1) is 0 Å². The zero-order valence-electron chi connectivity index (χ0n) is 14.1. The molecular weight excluding hydrogens is 300 g/mol. The third-order valence-electron chi connectivity index (χ3n) is 4.76. The van der Waals surface area contributed by atoms with Gasteiger partial charge >= 0.3 is 0 Å². The molecule has 1 atom stereocenters. The quantitative estimate of drug-likeness (QED) is 0.853. The highest BCUT2D eigenvalue weighted by atomic mass is 16.2. The minimum absolute atomic E-state index is 0.0751. The number of benzene rings is 1. The van der Waals surface area contributed by atoms with Crippen molar-refractivity contribution >= 4 is 17.5 Å². The molecular formula is C20H24N2O2. The Hall–Kier alpha value is -2.36. The molecule has 4 nitrogen and oxygen atoms in total. The molecule has 2 aliphatic rings. The zero-order chi connectivity index (χ0) is 16.9.